The number of benzene rings is 1. The fourth-order valence-corrected chi connectivity index (χ4v) is 4.57. The third-order valence-electron chi connectivity index (χ3n) is 2.95. The van der Waals surface area contributed by atoms with E-state index < -0.39 is 21.3 Å². The van der Waals surface area contributed by atoms with Gasteiger partial charge in [-0.2, -0.15) is 0 Å². The lowest BCUT2D eigenvalue weighted by atomic mass is 10.1. The average Bonchev–Trinajstić information content (AvgIpc) is 2.62. The van der Waals surface area contributed by atoms with Crippen molar-refractivity contribution in [3.8, 4) is 5.75 Å². The van der Waals surface area contributed by atoms with Crippen molar-refractivity contribution in [1.82, 2.24) is 5.32 Å². The van der Waals surface area contributed by atoms with E-state index in [1.807, 2.05) is 0 Å². The largest absolute Gasteiger partial charge is 0.496 e. The lowest BCUT2D eigenvalue weighted by Gasteiger charge is -2.15. The van der Waals surface area contributed by atoms with Crippen LogP contribution in [0.1, 0.15) is 10.4 Å². The number of hydrogen-bond donors (Lipinski definition) is 1. The van der Waals surface area contributed by atoms with E-state index in [0.717, 1.165) is 0 Å². The number of ether oxygens (including phenoxy) is 1. The monoisotopic (exact) mass is 303 g/mol. The first-order valence-corrected chi connectivity index (χ1v) is 7.97. The summed E-state index contributed by atoms with van der Waals surface area (Å²) in [5.41, 5.74) is 0.359. The summed E-state index contributed by atoms with van der Waals surface area (Å²) in [6.07, 6.45) is 0. The Balaban J connectivity index is 2.14. The van der Waals surface area contributed by atoms with Crippen LogP contribution in [0.15, 0.2) is 24.3 Å². The van der Waals surface area contributed by atoms with Gasteiger partial charge >= 0.3 is 0 Å². The Kier molecular flexibility index (Phi) is 4.01. The van der Waals surface area contributed by atoms with Gasteiger partial charge in [-0.3, -0.25) is 4.79 Å². The fraction of sp³-hybridized carbons (Fsp3) is 0.417. The number of alkyl halides is 1. The minimum Gasteiger partial charge on any atom is -0.496 e. The molecule has 0 aliphatic carbocycles. The lowest BCUT2D eigenvalue weighted by Crippen LogP contribution is -2.40. The van der Waals surface area contributed by atoms with E-state index in [4.69, 9.17) is 16.3 Å². The number of amides is 1. The number of carbonyl (C=O) groups excluding carboxylic acids is 1. The van der Waals surface area contributed by atoms with Gasteiger partial charge in [0, 0.05) is 0 Å². The van der Waals surface area contributed by atoms with Crippen molar-refractivity contribution in [3.05, 3.63) is 29.8 Å². The third-order valence-corrected chi connectivity index (χ3v) is 5.33. The molecule has 1 amide bonds. The normalized spacial score (nSPS) is 24.9. The lowest BCUT2D eigenvalue weighted by molar-refractivity contribution is 0.0938. The Morgan fingerprint density at radius 1 is 1.37 bits per heavy atom. The molecule has 1 aromatic rings. The van der Waals surface area contributed by atoms with Gasteiger partial charge in [0.05, 0.1) is 35.6 Å². The van der Waals surface area contributed by atoms with Crippen LogP contribution in [-0.4, -0.2) is 44.4 Å². The smallest absolute Gasteiger partial charge is 0.255 e. The molecule has 104 valence electrons. The van der Waals surface area contributed by atoms with Gasteiger partial charge in [-0.05, 0) is 12.1 Å². The number of para-hydroxylation sites is 1. The van der Waals surface area contributed by atoms with E-state index in [9.17, 15) is 13.2 Å². The summed E-state index contributed by atoms with van der Waals surface area (Å²) in [6, 6.07) is 6.17. The summed E-state index contributed by atoms with van der Waals surface area (Å²) in [6.45, 7) is 0. The van der Waals surface area contributed by atoms with Crippen LogP contribution in [0.3, 0.4) is 0 Å². The van der Waals surface area contributed by atoms with Gasteiger partial charge in [0.1, 0.15) is 5.75 Å². The standard InChI is InChI=1S/C12H14ClNO4S/c1-18-11-5-3-2-4-8(11)12(15)14-10-7-19(16,17)6-9(10)13/h2-5,9-10H,6-7H2,1H3,(H,14,15)/t9-,10+/m0/s1. The summed E-state index contributed by atoms with van der Waals surface area (Å²) < 4.78 is 28.0. The molecule has 0 aromatic heterocycles. The molecule has 0 radical (unpaired) electrons. The molecule has 0 spiro atoms. The van der Waals surface area contributed by atoms with Gasteiger partial charge in [0.25, 0.3) is 5.91 Å². The number of nitrogens with one attached hydrogen (secondary N) is 1. The maximum absolute atomic E-state index is 12.1. The van der Waals surface area contributed by atoms with Crippen molar-refractivity contribution in [2.75, 3.05) is 18.6 Å². The van der Waals surface area contributed by atoms with Crippen LogP contribution in [0.5, 0.6) is 5.75 Å². The van der Waals surface area contributed by atoms with E-state index in [2.05, 4.69) is 5.32 Å². The molecule has 1 saturated heterocycles. The first kappa shape index (κ1) is 14.1. The number of methoxy groups -OCH3 is 1. The molecule has 5 nitrogen and oxygen atoms in total. The average molecular weight is 304 g/mol. The Labute approximate surface area is 116 Å². The summed E-state index contributed by atoms with van der Waals surface area (Å²) >= 11 is 5.94. The minimum absolute atomic E-state index is 0.106. The van der Waals surface area contributed by atoms with Crippen LogP contribution < -0.4 is 10.1 Å². The maximum Gasteiger partial charge on any atom is 0.255 e. The molecule has 1 heterocycles. The van der Waals surface area contributed by atoms with Gasteiger partial charge in [-0.25, -0.2) is 8.42 Å². The summed E-state index contributed by atoms with van der Waals surface area (Å²) in [7, 11) is -1.70. The molecular weight excluding hydrogens is 290 g/mol. The topological polar surface area (TPSA) is 72.5 Å². The molecule has 1 aromatic carbocycles. The number of halogens is 1. The quantitative estimate of drug-likeness (QED) is 0.840. The Hall–Kier alpha value is -1.27. The van der Waals surface area contributed by atoms with Gasteiger partial charge in [-0.15, -0.1) is 11.6 Å². The zero-order valence-electron chi connectivity index (χ0n) is 10.3. The second-order valence-corrected chi connectivity index (χ2v) is 7.09. The number of carbonyl (C=O) groups is 1. The second kappa shape index (κ2) is 5.38. The van der Waals surface area contributed by atoms with Crippen molar-refractivity contribution < 1.29 is 17.9 Å². The molecule has 0 bridgehead atoms. The van der Waals surface area contributed by atoms with Crippen LogP contribution in [-0.2, 0) is 9.84 Å². The van der Waals surface area contributed by atoms with Crippen molar-refractivity contribution in [2.45, 2.75) is 11.4 Å². The van der Waals surface area contributed by atoms with Gasteiger partial charge in [0.15, 0.2) is 9.84 Å². The van der Waals surface area contributed by atoms with Crippen molar-refractivity contribution in [1.29, 1.82) is 0 Å². The van der Waals surface area contributed by atoms with Gasteiger partial charge < -0.3 is 10.1 Å². The summed E-state index contributed by atoms with van der Waals surface area (Å²) in [5, 5.41) is 2.05. The fourth-order valence-electron chi connectivity index (χ4n) is 2.02. The molecule has 0 saturated carbocycles. The molecule has 2 atom stereocenters. The number of rotatable bonds is 3. The molecule has 7 heteroatoms. The van der Waals surface area contributed by atoms with E-state index in [1.165, 1.54) is 7.11 Å². The van der Waals surface area contributed by atoms with Crippen LogP contribution >= 0.6 is 11.6 Å². The Morgan fingerprint density at radius 3 is 2.63 bits per heavy atom. The van der Waals surface area contributed by atoms with E-state index >= 15 is 0 Å². The van der Waals surface area contributed by atoms with Gasteiger partial charge in [-0.1, -0.05) is 12.1 Å². The van der Waals surface area contributed by atoms with Gasteiger partial charge in [0.2, 0.25) is 0 Å². The predicted molar refractivity (Wildman–Crippen MR) is 72.5 cm³/mol. The molecule has 1 aliphatic heterocycles. The zero-order chi connectivity index (χ0) is 14.0. The first-order valence-electron chi connectivity index (χ1n) is 5.71. The van der Waals surface area contributed by atoms with Crippen LogP contribution in [0.4, 0.5) is 0 Å². The van der Waals surface area contributed by atoms with Crippen molar-refractivity contribution in [2.24, 2.45) is 0 Å². The summed E-state index contributed by atoms with van der Waals surface area (Å²) in [4.78, 5) is 12.1. The molecule has 2 rings (SSSR count). The SMILES string of the molecule is COc1ccccc1C(=O)N[C@@H]1CS(=O)(=O)C[C@@H]1Cl. The number of hydrogen-bond acceptors (Lipinski definition) is 4. The highest BCUT2D eigenvalue weighted by atomic mass is 35.5. The van der Waals surface area contributed by atoms with E-state index in [-0.39, 0.29) is 17.4 Å². The second-order valence-electron chi connectivity index (χ2n) is 4.37. The highest BCUT2D eigenvalue weighted by Gasteiger charge is 2.37. The first-order chi connectivity index (χ1) is 8.93. The predicted octanol–water partition coefficient (Wildman–Crippen LogP) is 0.829. The molecule has 1 N–H and O–H groups in total. The highest BCUT2D eigenvalue weighted by Crippen LogP contribution is 2.21. The Morgan fingerprint density at radius 2 is 2.05 bits per heavy atom. The van der Waals surface area contributed by atoms with E-state index in [1.54, 1.807) is 24.3 Å². The molecule has 1 aliphatic rings. The van der Waals surface area contributed by atoms with Crippen LogP contribution in [0, 0.1) is 0 Å². The highest BCUT2D eigenvalue weighted by molar-refractivity contribution is 7.91. The molecule has 19 heavy (non-hydrogen) atoms. The van der Waals surface area contributed by atoms with E-state index in [0.29, 0.717) is 11.3 Å². The third kappa shape index (κ3) is 3.19. The minimum atomic E-state index is -3.17. The Bertz CT molecular complexity index is 587. The number of sulfone groups is 1. The van der Waals surface area contributed by atoms with Crippen molar-refractivity contribution in [3.63, 3.8) is 0 Å². The molecule has 0 unspecified atom stereocenters. The van der Waals surface area contributed by atoms with Crippen LogP contribution in [0.2, 0.25) is 0 Å². The van der Waals surface area contributed by atoms with Crippen molar-refractivity contribution >= 4 is 27.3 Å². The van der Waals surface area contributed by atoms with Crippen LogP contribution in [0.25, 0.3) is 0 Å². The zero-order valence-corrected chi connectivity index (χ0v) is 11.9. The maximum atomic E-state index is 12.1. The summed E-state index contributed by atoms with van der Waals surface area (Å²) in [5.74, 6) is -0.176. The molecular formula is C12H14ClNO4S. The molecule has 1 fully saturated rings.